The smallest absolute Gasteiger partial charge is 0.174 e. The number of nitrogens with one attached hydrogen (secondary N) is 1. The van der Waals surface area contributed by atoms with E-state index in [1.165, 1.54) is 5.56 Å². The number of aromatic amines is 1. The lowest BCUT2D eigenvalue weighted by Crippen LogP contribution is -2.32. The minimum atomic E-state index is 0.372. The zero-order valence-electron chi connectivity index (χ0n) is 22.4. The second kappa shape index (κ2) is 10.5. The normalized spacial score (nSPS) is 14.6. The quantitative estimate of drug-likeness (QED) is 0.289. The van der Waals surface area contributed by atoms with Crippen LogP contribution in [0.2, 0.25) is 0 Å². The summed E-state index contributed by atoms with van der Waals surface area (Å²) >= 11 is 0. The van der Waals surface area contributed by atoms with Crippen LogP contribution >= 0.6 is 0 Å². The summed E-state index contributed by atoms with van der Waals surface area (Å²) < 4.78 is 1.87. The number of pyridine rings is 1. The maximum atomic E-state index is 5.02. The van der Waals surface area contributed by atoms with Gasteiger partial charge in [0.2, 0.25) is 0 Å². The van der Waals surface area contributed by atoms with E-state index in [0.717, 1.165) is 83.5 Å². The van der Waals surface area contributed by atoms with E-state index >= 15 is 0 Å². The highest BCUT2D eigenvalue weighted by atomic mass is 15.2. The zero-order valence-corrected chi connectivity index (χ0v) is 22.4. The van der Waals surface area contributed by atoms with Crippen molar-refractivity contribution >= 4 is 5.65 Å². The Morgan fingerprint density at radius 2 is 1.68 bits per heavy atom. The first-order valence-corrected chi connectivity index (χ1v) is 13.8. The molecule has 0 aliphatic carbocycles. The molecule has 1 aliphatic heterocycles. The number of aryl methyl sites for hydroxylation is 1. The molecule has 1 N–H and O–H groups in total. The van der Waals surface area contributed by atoms with Gasteiger partial charge in [-0.3, -0.25) is 15.0 Å². The molecule has 7 rings (SSSR count). The van der Waals surface area contributed by atoms with Crippen molar-refractivity contribution in [1.29, 1.82) is 0 Å². The molecule has 0 saturated carbocycles. The third kappa shape index (κ3) is 4.89. The number of rotatable bonds is 6. The van der Waals surface area contributed by atoms with Crippen molar-refractivity contribution in [2.45, 2.75) is 32.2 Å². The highest BCUT2D eigenvalue weighted by Gasteiger charge is 2.24. The molecule has 0 amide bonds. The SMILES string of the molecule is Cc1cc2nc(-c3ccc(CN4CCC(c5n[nH]c(-c6ccccn6)n5)CC4)cc3)c(-c3ccccc3)cn2n1. The molecule has 5 heterocycles. The van der Waals surface area contributed by atoms with Crippen LogP contribution in [0.3, 0.4) is 0 Å². The van der Waals surface area contributed by atoms with Crippen molar-refractivity contribution in [3.05, 3.63) is 108 Å². The molecule has 4 aromatic heterocycles. The van der Waals surface area contributed by atoms with Gasteiger partial charge in [0, 0.05) is 42.0 Å². The lowest BCUT2D eigenvalue weighted by atomic mass is 9.95. The number of H-pyrrole nitrogens is 1. The van der Waals surface area contributed by atoms with Crippen LogP contribution in [0.15, 0.2) is 91.3 Å². The Labute approximate surface area is 232 Å². The molecule has 0 bridgehead atoms. The standard InChI is InChI=1S/C32H30N8/c1-22-19-29-34-30(27(21-40(29)38-22)24-7-3-2-4-8-24)25-12-10-23(11-13-25)20-39-17-14-26(15-18-39)31-35-32(37-36-31)28-9-5-6-16-33-28/h2-13,16,19,21,26H,14-15,17-18,20H2,1H3,(H,35,36,37). The summed E-state index contributed by atoms with van der Waals surface area (Å²) in [7, 11) is 0. The van der Waals surface area contributed by atoms with Crippen LogP contribution in [0.5, 0.6) is 0 Å². The van der Waals surface area contributed by atoms with Gasteiger partial charge in [0.1, 0.15) is 5.69 Å². The van der Waals surface area contributed by atoms with Crippen molar-refractivity contribution in [3.8, 4) is 33.9 Å². The lowest BCUT2D eigenvalue weighted by molar-refractivity contribution is 0.202. The van der Waals surface area contributed by atoms with Gasteiger partial charge in [-0.25, -0.2) is 14.5 Å². The van der Waals surface area contributed by atoms with Gasteiger partial charge in [-0.2, -0.15) is 10.2 Å². The fourth-order valence-electron chi connectivity index (χ4n) is 5.54. The molecule has 0 radical (unpaired) electrons. The van der Waals surface area contributed by atoms with Gasteiger partial charge in [-0.1, -0.05) is 60.7 Å². The fourth-order valence-corrected chi connectivity index (χ4v) is 5.54. The maximum Gasteiger partial charge on any atom is 0.174 e. The van der Waals surface area contributed by atoms with E-state index in [0.29, 0.717) is 5.92 Å². The molecule has 198 valence electrons. The summed E-state index contributed by atoms with van der Waals surface area (Å²) in [6.45, 7) is 4.98. The molecule has 8 heteroatoms. The molecule has 0 unspecified atom stereocenters. The summed E-state index contributed by atoms with van der Waals surface area (Å²) in [6, 6.07) is 27.1. The minimum Gasteiger partial charge on any atom is -0.299 e. The summed E-state index contributed by atoms with van der Waals surface area (Å²) in [5.41, 5.74) is 8.24. The number of hydrogen-bond acceptors (Lipinski definition) is 6. The molecule has 2 aromatic carbocycles. The number of fused-ring (bicyclic) bond motifs is 1. The van der Waals surface area contributed by atoms with Crippen LogP contribution in [0, 0.1) is 6.92 Å². The number of nitrogens with zero attached hydrogens (tertiary/aromatic N) is 7. The first kappa shape index (κ1) is 24.4. The molecular formula is C32H30N8. The predicted molar refractivity (Wildman–Crippen MR) is 155 cm³/mol. The zero-order chi connectivity index (χ0) is 26.9. The summed E-state index contributed by atoms with van der Waals surface area (Å²) in [4.78, 5) is 16.7. The first-order chi connectivity index (χ1) is 19.7. The monoisotopic (exact) mass is 526 g/mol. The summed E-state index contributed by atoms with van der Waals surface area (Å²) in [5.74, 6) is 2.01. The Bertz CT molecular complexity index is 1730. The van der Waals surface area contributed by atoms with Crippen molar-refractivity contribution in [2.75, 3.05) is 13.1 Å². The van der Waals surface area contributed by atoms with Gasteiger partial charge < -0.3 is 0 Å². The van der Waals surface area contributed by atoms with Crippen LogP contribution in [0.1, 0.15) is 35.8 Å². The van der Waals surface area contributed by atoms with E-state index in [-0.39, 0.29) is 0 Å². The molecule has 1 fully saturated rings. The molecule has 8 nitrogen and oxygen atoms in total. The van der Waals surface area contributed by atoms with Gasteiger partial charge in [0.15, 0.2) is 17.3 Å². The third-order valence-electron chi connectivity index (χ3n) is 7.65. The number of piperidine rings is 1. The lowest BCUT2D eigenvalue weighted by Gasteiger charge is -2.30. The molecule has 1 aliphatic rings. The molecule has 6 aromatic rings. The fraction of sp³-hybridized carbons (Fsp3) is 0.219. The second-order valence-electron chi connectivity index (χ2n) is 10.5. The van der Waals surface area contributed by atoms with Crippen LogP contribution < -0.4 is 0 Å². The molecule has 0 spiro atoms. The van der Waals surface area contributed by atoms with E-state index < -0.39 is 0 Å². The summed E-state index contributed by atoms with van der Waals surface area (Å²) in [6.07, 6.45) is 5.96. The number of benzene rings is 2. The first-order valence-electron chi connectivity index (χ1n) is 13.8. The van der Waals surface area contributed by atoms with Gasteiger partial charge in [0.05, 0.1) is 11.4 Å². The number of hydrogen-bond donors (Lipinski definition) is 1. The van der Waals surface area contributed by atoms with Gasteiger partial charge in [0.25, 0.3) is 0 Å². The van der Waals surface area contributed by atoms with E-state index in [2.05, 4.69) is 79.9 Å². The number of likely N-dealkylation sites (tertiary alicyclic amines) is 1. The van der Waals surface area contributed by atoms with E-state index in [1.54, 1.807) is 6.20 Å². The predicted octanol–water partition coefficient (Wildman–Crippen LogP) is 5.93. The Hall–Kier alpha value is -4.69. The van der Waals surface area contributed by atoms with Crippen LogP contribution in [0.4, 0.5) is 0 Å². The summed E-state index contributed by atoms with van der Waals surface area (Å²) in [5, 5.41) is 12.2. The highest BCUT2D eigenvalue weighted by molar-refractivity contribution is 5.81. The van der Waals surface area contributed by atoms with Crippen LogP contribution in [-0.4, -0.2) is 52.8 Å². The minimum absolute atomic E-state index is 0.372. The highest BCUT2D eigenvalue weighted by Crippen LogP contribution is 2.32. The Morgan fingerprint density at radius 1 is 0.875 bits per heavy atom. The molecule has 1 saturated heterocycles. The molecule has 0 atom stereocenters. The van der Waals surface area contributed by atoms with E-state index in [9.17, 15) is 0 Å². The topological polar surface area (TPSA) is 87.9 Å². The van der Waals surface area contributed by atoms with Crippen molar-refractivity contribution in [2.24, 2.45) is 0 Å². The van der Waals surface area contributed by atoms with Crippen molar-refractivity contribution in [1.82, 2.24) is 39.7 Å². The maximum absolute atomic E-state index is 5.02. The van der Waals surface area contributed by atoms with E-state index in [1.807, 2.05) is 41.8 Å². The average molecular weight is 527 g/mol. The van der Waals surface area contributed by atoms with E-state index in [4.69, 9.17) is 9.97 Å². The van der Waals surface area contributed by atoms with Gasteiger partial charge in [-0.05, 0) is 56.1 Å². The Balaban J connectivity index is 1.05. The second-order valence-corrected chi connectivity index (χ2v) is 10.5. The largest absolute Gasteiger partial charge is 0.299 e. The molecule has 40 heavy (non-hydrogen) atoms. The van der Waals surface area contributed by atoms with Gasteiger partial charge >= 0.3 is 0 Å². The van der Waals surface area contributed by atoms with Crippen molar-refractivity contribution in [3.63, 3.8) is 0 Å². The Morgan fingerprint density at radius 3 is 2.45 bits per heavy atom. The molecular weight excluding hydrogens is 496 g/mol. The van der Waals surface area contributed by atoms with Crippen LogP contribution in [-0.2, 0) is 6.54 Å². The average Bonchev–Trinajstić information content (AvgIpc) is 3.64. The van der Waals surface area contributed by atoms with Gasteiger partial charge in [-0.15, -0.1) is 0 Å². The number of aromatic nitrogens is 7. The Kier molecular flexibility index (Phi) is 6.37. The third-order valence-corrected chi connectivity index (χ3v) is 7.65. The van der Waals surface area contributed by atoms with Crippen molar-refractivity contribution < 1.29 is 0 Å². The van der Waals surface area contributed by atoms with Crippen LogP contribution in [0.25, 0.3) is 39.5 Å².